The Hall–Kier alpha value is -3.38. The Morgan fingerprint density at radius 2 is 1.48 bits per heavy atom. The lowest BCUT2D eigenvalue weighted by molar-refractivity contribution is 0.292. The molecule has 0 amide bonds. The highest BCUT2D eigenvalue weighted by atomic mass is 35.5. The first-order valence-corrected chi connectivity index (χ1v) is 17.8. The zero-order valence-electron chi connectivity index (χ0n) is 25.1. The van der Waals surface area contributed by atoms with Gasteiger partial charge in [0, 0.05) is 29.1 Å². The maximum atomic E-state index is 16.2. The summed E-state index contributed by atoms with van der Waals surface area (Å²) >= 11 is 6.60. The number of hydrogen-bond acceptors (Lipinski definition) is 2. The molecule has 0 aliphatic heterocycles. The van der Waals surface area contributed by atoms with Crippen molar-refractivity contribution in [2.75, 3.05) is 6.61 Å². The van der Waals surface area contributed by atoms with Crippen molar-refractivity contribution in [2.24, 2.45) is 0 Å². The molecule has 0 atom stereocenters. The van der Waals surface area contributed by atoms with Gasteiger partial charge in [-0.05, 0) is 65.5 Å². The monoisotopic (exact) mass is 599 g/mol. The van der Waals surface area contributed by atoms with Crippen molar-refractivity contribution in [3.63, 3.8) is 0 Å². The van der Waals surface area contributed by atoms with E-state index < -0.39 is 8.32 Å². The molecule has 3 nitrogen and oxygen atoms in total. The van der Waals surface area contributed by atoms with Crippen LogP contribution in [0.3, 0.4) is 0 Å². The van der Waals surface area contributed by atoms with E-state index in [-0.39, 0.29) is 10.9 Å². The summed E-state index contributed by atoms with van der Waals surface area (Å²) in [5, 5.41) is 1.22. The molecular weight excluding hydrogens is 561 g/mol. The van der Waals surface area contributed by atoms with E-state index >= 15 is 4.39 Å². The standard InChI is InChI=1S/C36H39ClFNO2Si/c1-36(2,3)42(4,5)41-22-21-26-15-17-27(18-16-26)24-39-33-20-19-29(40-25-28-11-7-6-8-12-28)23-31(33)34(38)35(39)30-13-9-10-14-32(30)37/h6-20,23H,21-22,24-25H2,1-5H3. The topological polar surface area (TPSA) is 23.4 Å². The van der Waals surface area contributed by atoms with Crippen LogP contribution in [-0.4, -0.2) is 19.5 Å². The first-order valence-electron chi connectivity index (χ1n) is 14.5. The van der Waals surface area contributed by atoms with E-state index in [1.807, 2.05) is 65.2 Å². The van der Waals surface area contributed by atoms with Crippen LogP contribution < -0.4 is 4.74 Å². The summed E-state index contributed by atoms with van der Waals surface area (Å²) in [5.41, 5.74) is 5.30. The van der Waals surface area contributed by atoms with Gasteiger partial charge in [-0.1, -0.05) is 105 Å². The van der Waals surface area contributed by atoms with E-state index in [1.165, 1.54) is 5.56 Å². The first kappa shape index (κ1) is 30.1. The molecule has 0 spiro atoms. The van der Waals surface area contributed by atoms with Crippen LogP contribution in [0.5, 0.6) is 5.75 Å². The normalized spacial score (nSPS) is 12.2. The van der Waals surface area contributed by atoms with Crippen LogP contribution in [0.1, 0.15) is 37.5 Å². The number of rotatable bonds is 10. The number of ether oxygens (including phenoxy) is 1. The molecule has 0 saturated carbocycles. The molecule has 0 aliphatic carbocycles. The Labute approximate surface area is 255 Å². The fourth-order valence-corrected chi connectivity index (χ4v) is 6.11. The summed E-state index contributed by atoms with van der Waals surface area (Å²) in [5.74, 6) is 0.319. The van der Waals surface area contributed by atoms with Crippen LogP contribution in [0.25, 0.3) is 22.2 Å². The van der Waals surface area contributed by atoms with Gasteiger partial charge in [-0.2, -0.15) is 0 Å². The minimum atomic E-state index is -1.77. The van der Waals surface area contributed by atoms with Crippen molar-refractivity contribution in [3.05, 3.63) is 125 Å². The molecule has 5 aromatic rings. The van der Waals surface area contributed by atoms with Gasteiger partial charge in [0.2, 0.25) is 0 Å². The Morgan fingerprint density at radius 1 is 0.810 bits per heavy atom. The fourth-order valence-electron chi connectivity index (χ4n) is 4.84. The van der Waals surface area contributed by atoms with Crippen LogP contribution in [0, 0.1) is 5.82 Å². The second-order valence-electron chi connectivity index (χ2n) is 12.4. The number of hydrogen-bond donors (Lipinski definition) is 0. The Morgan fingerprint density at radius 3 is 2.17 bits per heavy atom. The van der Waals surface area contributed by atoms with Crippen molar-refractivity contribution in [2.45, 2.75) is 58.5 Å². The molecule has 0 unspecified atom stereocenters. The summed E-state index contributed by atoms with van der Waals surface area (Å²) in [6.07, 6.45) is 0.866. The van der Waals surface area contributed by atoms with Crippen molar-refractivity contribution in [1.29, 1.82) is 0 Å². The van der Waals surface area contributed by atoms with Crippen LogP contribution >= 0.6 is 11.6 Å². The van der Waals surface area contributed by atoms with Gasteiger partial charge in [0.05, 0.1) is 11.2 Å². The van der Waals surface area contributed by atoms with Gasteiger partial charge >= 0.3 is 0 Å². The van der Waals surface area contributed by atoms with Gasteiger partial charge < -0.3 is 13.7 Å². The van der Waals surface area contributed by atoms with Crippen molar-refractivity contribution in [1.82, 2.24) is 4.57 Å². The van der Waals surface area contributed by atoms with Crippen molar-refractivity contribution < 1.29 is 13.6 Å². The molecule has 42 heavy (non-hydrogen) atoms. The van der Waals surface area contributed by atoms with E-state index in [0.717, 1.165) is 23.1 Å². The second-order valence-corrected chi connectivity index (χ2v) is 17.6. The molecule has 0 aliphatic rings. The third-order valence-electron chi connectivity index (χ3n) is 8.37. The zero-order valence-corrected chi connectivity index (χ0v) is 26.8. The van der Waals surface area contributed by atoms with Crippen LogP contribution in [-0.2, 0) is 24.0 Å². The molecule has 0 bridgehead atoms. The number of aromatic nitrogens is 1. The maximum absolute atomic E-state index is 16.2. The lowest BCUT2D eigenvalue weighted by atomic mass is 10.1. The minimum absolute atomic E-state index is 0.194. The predicted molar refractivity (Wildman–Crippen MR) is 176 cm³/mol. The third-order valence-corrected chi connectivity index (χ3v) is 13.2. The Kier molecular flexibility index (Phi) is 8.93. The van der Waals surface area contributed by atoms with Gasteiger partial charge in [0.15, 0.2) is 14.1 Å². The highest BCUT2D eigenvalue weighted by Gasteiger charge is 2.36. The molecule has 1 aromatic heterocycles. The lowest BCUT2D eigenvalue weighted by Crippen LogP contribution is -2.41. The van der Waals surface area contributed by atoms with E-state index in [4.69, 9.17) is 20.8 Å². The number of fused-ring (bicyclic) bond motifs is 1. The largest absolute Gasteiger partial charge is 0.489 e. The molecule has 6 heteroatoms. The van der Waals surface area contributed by atoms with Gasteiger partial charge in [0.1, 0.15) is 12.4 Å². The quantitative estimate of drug-likeness (QED) is 0.149. The Balaban J connectivity index is 1.41. The molecular formula is C36H39ClFNO2Si. The number of halogens is 2. The molecule has 0 fully saturated rings. The summed E-state index contributed by atoms with van der Waals surface area (Å²) < 4.78 is 30.7. The van der Waals surface area contributed by atoms with Crippen LogP contribution in [0.15, 0.2) is 97.1 Å². The van der Waals surface area contributed by atoms with E-state index in [2.05, 4.69) is 58.1 Å². The van der Waals surface area contributed by atoms with Gasteiger partial charge in [-0.15, -0.1) is 0 Å². The molecule has 4 aromatic carbocycles. The third kappa shape index (κ3) is 6.64. The zero-order chi connectivity index (χ0) is 29.9. The van der Waals surface area contributed by atoms with Gasteiger partial charge in [-0.25, -0.2) is 4.39 Å². The van der Waals surface area contributed by atoms with E-state index in [9.17, 15) is 0 Å². The number of benzene rings is 4. The molecule has 0 radical (unpaired) electrons. The Bertz CT molecular complexity index is 1660. The molecule has 218 valence electrons. The van der Waals surface area contributed by atoms with E-state index in [0.29, 0.717) is 47.2 Å². The minimum Gasteiger partial charge on any atom is -0.489 e. The molecule has 0 saturated heterocycles. The maximum Gasteiger partial charge on any atom is 0.191 e. The molecule has 5 rings (SSSR count). The number of nitrogens with zero attached hydrogens (tertiary/aromatic N) is 1. The molecule has 0 N–H and O–H groups in total. The SMILES string of the molecule is CC(C)(C)[Si](C)(C)OCCc1ccc(Cn2c(-c3ccccc3Cl)c(F)c3cc(OCc4ccccc4)ccc32)cc1. The summed E-state index contributed by atoms with van der Waals surface area (Å²) in [6.45, 7) is 13.0. The molecule has 1 heterocycles. The van der Waals surface area contributed by atoms with Gasteiger partial charge in [0.25, 0.3) is 0 Å². The smallest absolute Gasteiger partial charge is 0.191 e. The highest BCUT2D eigenvalue weighted by Crippen LogP contribution is 2.38. The van der Waals surface area contributed by atoms with Crippen molar-refractivity contribution in [3.8, 4) is 17.0 Å². The van der Waals surface area contributed by atoms with Crippen molar-refractivity contribution >= 4 is 30.8 Å². The summed E-state index contributed by atoms with van der Waals surface area (Å²) in [6, 6.07) is 31.6. The van der Waals surface area contributed by atoms with Crippen LogP contribution in [0.2, 0.25) is 23.2 Å². The summed E-state index contributed by atoms with van der Waals surface area (Å²) in [7, 11) is -1.77. The lowest BCUT2D eigenvalue weighted by Gasteiger charge is -2.36. The highest BCUT2D eigenvalue weighted by molar-refractivity contribution is 6.74. The predicted octanol–water partition coefficient (Wildman–Crippen LogP) is 10.3. The summed E-state index contributed by atoms with van der Waals surface area (Å²) in [4.78, 5) is 0. The average Bonchev–Trinajstić information content (AvgIpc) is 3.23. The average molecular weight is 600 g/mol. The van der Waals surface area contributed by atoms with Crippen LogP contribution in [0.4, 0.5) is 4.39 Å². The first-order chi connectivity index (χ1) is 20.0. The van der Waals surface area contributed by atoms with Gasteiger partial charge in [-0.3, -0.25) is 0 Å². The van der Waals surface area contributed by atoms with E-state index in [1.54, 1.807) is 12.1 Å². The second kappa shape index (κ2) is 12.5. The fraction of sp³-hybridized carbons (Fsp3) is 0.278.